The fraction of sp³-hybridized carbons (Fsp3) is 0.438. The summed E-state index contributed by atoms with van der Waals surface area (Å²) in [6, 6.07) is 6.90. The number of para-hydroxylation sites is 1. The van der Waals surface area contributed by atoms with Crippen LogP contribution in [0.1, 0.15) is 12.5 Å². The number of aromatic nitrogens is 1. The zero-order valence-corrected chi connectivity index (χ0v) is 14.2. The zero-order chi connectivity index (χ0) is 20.3. The molecule has 11 heteroatoms. The van der Waals surface area contributed by atoms with Crippen LogP contribution < -0.4 is 10.6 Å². The van der Waals surface area contributed by atoms with Crippen LogP contribution in [0.5, 0.6) is 0 Å². The van der Waals surface area contributed by atoms with Crippen LogP contribution in [-0.2, 0) is 11.2 Å². The number of rotatable bonds is 6. The molecule has 0 atom stereocenters. The molecule has 1 aromatic carbocycles. The van der Waals surface area contributed by atoms with E-state index < -0.39 is 30.7 Å². The van der Waals surface area contributed by atoms with E-state index in [0.29, 0.717) is 10.9 Å². The Kier molecular flexibility index (Phi) is 5.93. The van der Waals surface area contributed by atoms with Gasteiger partial charge in [0.2, 0.25) is 0 Å². The van der Waals surface area contributed by atoms with Gasteiger partial charge in [-0.15, -0.1) is 0 Å². The highest BCUT2D eigenvalue weighted by Crippen LogP contribution is 2.38. The molecule has 1 heterocycles. The first-order chi connectivity index (χ1) is 12.5. The Labute approximate surface area is 150 Å². The van der Waals surface area contributed by atoms with E-state index in [0.717, 1.165) is 10.8 Å². The molecule has 27 heavy (non-hydrogen) atoms. The quantitative estimate of drug-likeness (QED) is 0.517. The average Bonchev–Trinajstić information content (AvgIpc) is 2.95. The van der Waals surface area contributed by atoms with Gasteiger partial charge in [-0.25, -0.2) is 4.79 Å². The van der Waals surface area contributed by atoms with Crippen LogP contribution in [0.4, 0.5) is 31.1 Å². The van der Waals surface area contributed by atoms with E-state index in [-0.39, 0.29) is 18.3 Å². The number of quaternary nitrogens is 1. The summed E-state index contributed by atoms with van der Waals surface area (Å²) in [5.41, 5.74) is -3.22. The van der Waals surface area contributed by atoms with Crippen molar-refractivity contribution in [2.75, 3.05) is 13.2 Å². The number of benzene rings is 1. The predicted octanol–water partition coefficient (Wildman–Crippen LogP) is 2.84. The third-order valence-corrected chi connectivity index (χ3v) is 4.01. The maximum Gasteiger partial charge on any atom is 0.475 e. The fourth-order valence-electron chi connectivity index (χ4n) is 2.70. The number of carbonyl (C=O) groups excluding carboxylic acids is 1. The molecular weight excluding hydrogens is 380 g/mol. The molecule has 0 radical (unpaired) electrons. The van der Waals surface area contributed by atoms with Crippen LogP contribution >= 0.6 is 0 Å². The van der Waals surface area contributed by atoms with E-state index in [4.69, 9.17) is 0 Å². The molecule has 2 aromatic rings. The summed E-state index contributed by atoms with van der Waals surface area (Å²) >= 11 is 0. The maximum atomic E-state index is 13.4. The number of alkyl halides is 6. The third kappa shape index (κ3) is 4.29. The van der Waals surface area contributed by atoms with Gasteiger partial charge in [-0.3, -0.25) is 5.32 Å². The number of fused-ring (bicyclic) bond motifs is 1. The fourth-order valence-corrected chi connectivity index (χ4v) is 2.70. The van der Waals surface area contributed by atoms with Gasteiger partial charge in [0.1, 0.15) is 0 Å². The van der Waals surface area contributed by atoms with Gasteiger partial charge in [0.05, 0.1) is 13.2 Å². The minimum atomic E-state index is -5.79. The number of hydrogen-bond acceptors (Lipinski definition) is 2. The molecule has 0 saturated heterocycles. The number of aromatic amines is 1. The number of ether oxygens (including phenoxy) is 1. The van der Waals surface area contributed by atoms with Gasteiger partial charge in [-0.2, -0.15) is 26.3 Å². The van der Waals surface area contributed by atoms with Crippen LogP contribution in [0.3, 0.4) is 0 Å². The van der Waals surface area contributed by atoms with E-state index in [1.54, 1.807) is 24.3 Å². The van der Waals surface area contributed by atoms with E-state index in [1.165, 1.54) is 13.1 Å². The van der Waals surface area contributed by atoms with Crippen LogP contribution in [0.25, 0.3) is 10.9 Å². The first-order valence-corrected chi connectivity index (χ1v) is 7.99. The molecule has 0 aliphatic heterocycles. The lowest BCUT2D eigenvalue weighted by Gasteiger charge is -2.34. The summed E-state index contributed by atoms with van der Waals surface area (Å²) in [6.45, 7) is 0.323. The summed E-state index contributed by atoms with van der Waals surface area (Å²) in [7, 11) is 0. The monoisotopic (exact) mass is 398 g/mol. The Bertz CT molecular complexity index is 770. The van der Waals surface area contributed by atoms with Crippen molar-refractivity contribution in [3.05, 3.63) is 36.0 Å². The highest BCUT2D eigenvalue weighted by Gasteiger charge is 2.76. The van der Waals surface area contributed by atoms with Crippen molar-refractivity contribution in [1.82, 2.24) is 10.3 Å². The minimum Gasteiger partial charge on any atom is -0.450 e. The molecule has 150 valence electrons. The molecule has 0 fully saturated rings. The van der Waals surface area contributed by atoms with Crippen molar-refractivity contribution in [2.24, 2.45) is 0 Å². The lowest BCUT2D eigenvalue weighted by molar-refractivity contribution is -0.784. The van der Waals surface area contributed by atoms with Gasteiger partial charge in [-0.05, 0) is 18.6 Å². The van der Waals surface area contributed by atoms with Gasteiger partial charge in [0.25, 0.3) is 0 Å². The number of nitrogens with two attached hydrogens (primary N) is 1. The number of nitrogens with one attached hydrogen (secondary N) is 2. The molecule has 0 saturated carbocycles. The van der Waals surface area contributed by atoms with E-state index in [9.17, 15) is 31.1 Å². The Morgan fingerprint density at radius 3 is 2.37 bits per heavy atom. The second kappa shape index (κ2) is 7.67. The van der Waals surface area contributed by atoms with Crippen molar-refractivity contribution >= 4 is 17.0 Å². The normalized spacial score (nSPS) is 13.0. The van der Waals surface area contributed by atoms with E-state index in [2.05, 4.69) is 9.72 Å². The first kappa shape index (κ1) is 20.9. The van der Waals surface area contributed by atoms with Gasteiger partial charge in [0, 0.05) is 23.5 Å². The molecule has 5 nitrogen and oxygen atoms in total. The van der Waals surface area contributed by atoms with Crippen molar-refractivity contribution in [2.45, 2.75) is 31.4 Å². The molecule has 1 amide bonds. The lowest BCUT2D eigenvalue weighted by Crippen LogP contribution is -3.08. The molecule has 0 bridgehead atoms. The number of alkyl carbamates (subject to hydrolysis) is 1. The zero-order valence-electron chi connectivity index (χ0n) is 14.2. The van der Waals surface area contributed by atoms with Crippen LogP contribution in [0.2, 0.25) is 0 Å². The largest absolute Gasteiger partial charge is 0.475 e. The molecule has 0 aliphatic carbocycles. The van der Waals surface area contributed by atoms with E-state index in [1.807, 2.05) is 0 Å². The highest BCUT2D eigenvalue weighted by molar-refractivity contribution is 5.83. The standard InChI is InChI=1S/C16H17F6N3O2/c1-2-27-13(26)25-14(15(17,18)19,16(20,21)22)24-8-7-10-9-23-12-6-4-3-5-11(10)12/h3-6,9,23-24H,2,7-8H2,1H3,(H,25,26)/p+1. The second-order valence-corrected chi connectivity index (χ2v) is 5.75. The summed E-state index contributed by atoms with van der Waals surface area (Å²) in [5.74, 6) is 0. The second-order valence-electron chi connectivity index (χ2n) is 5.75. The smallest absolute Gasteiger partial charge is 0.450 e. The van der Waals surface area contributed by atoms with Crippen molar-refractivity contribution < 1.29 is 41.2 Å². The SMILES string of the molecule is CCOC(=O)NC([NH2+]CCc1c[nH]c2ccccc12)(C(F)(F)F)C(F)(F)F. The van der Waals surface area contributed by atoms with Crippen molar-refractivity contribution in [1.29, 1.82) is 0 Å². The number of amides is 1. The Balaban J connectivity index is 2.24. The van der Waals surface area contributed by atoms with Crippen LogP contribution in [0, 0.1) is 0 Å². The lowest BCUT2D eigenvalue weighted by atomic mass is 10.1. The molecule has 0 spiro atoms. The topological polar surface area (TPSA) is 70.7 Å². The number of hydrogen-bond donors (Lipinski definition) is 3. The first-order valence-electron chi connectivity index (χ1n) is 7.99. The van der Waals surface area contributed by atoms with Crippen LogP contribution in [0.15, 0.2) is 30.5 Å². The van der Waals surface area contributed by atoms with E-state index >= 15 is 0 Å². The van der Waals surface area contributed by atoms with Crippen molar-refractivity contribution in [3.63, 3.8) is 0 Å². The van der Waals surface area contributed by atoms with Gasteiger partial charge < -0.3 is 15.0 Å². The minimum absolute atomic E-state index is 0.0334. The molecule has 4 N–H and O–H groups in total. The molecule has 1 aromatic heterocycles. The summed E-state index contributed by atoms with van der Waals surface area (Å²) in [5, 5.41) is 1.69. The third-order valence-electron chi connectivity index (χ3n) is 4.01. The summed E-state index contributed by atoms with van der Waals surface area (Å²) < 4.78 is 84.4. The van der Waals surface area contributed by atoms with Crippen LogP contribution in [-0.4, -0.2) is 42.2 Å². The average molecular weight is 398 g/mol. The Morgan fingerprint density at radius 2 is 1.78 bits per heavy atom. The molecule has 0 unspecified atom stereocenters. The maximum absolute atomic E-state index is 13.4. The number of H-pyrrole nitrogens is 1. The van der Waals surface area contributed by atoms with Gasteiger partial charge in [0.15, 0.2) is 0 Å². The Hall–Kier alpha value is -2.43. The Morgan fingerprint density at radius 1 is 1.15 bits per heavy atom. The molecule has 0 aliphatic rings. The molecular formula is C16H18F6N3O2+. The summed E-state index contributed by atoms with van der Waals surface area (Å²) in [4.78, 5) is 14.3. The molecule has 2 rings (SSSR count). The predicted molar refractivity (Wildman–Crippen MR) is 83.8 cm³/mol. The highest BCUT2D eigenvalue weighted by atomic mass is 19.4. The number of carbonyl (C=O) groups is 1. The summed E-state index contributed by atoms with van der Waals surface area (Å²) in [6.07, 6.45) is -11.9. The van der Waals surface area contributed by atoms with Gasteiger partial charge in [-0.1, -0.05) is 18.2 Å². The van der Waals surface area contributed by atoms with Crippen molar-refractivity contribution in [3.8, 4) is 0 Å². The van der Waals surface area contributed by atoms with Gasteiger partial charge >= 0.3 is 24.1 Å². The number of halogens is 6.